The molecule has 206 valence electrons. The van der Waals surface area contributed by atoms with Crippen molar-refractivity contribution in [2.75, 3.05) is 13.1 Å². The van der Waals surface area contributed by atoms with Crippen molar-refractivity contribution in [3.8, 4) is 11.3 Å². The molecule has 0 bridgehead atoms. The lowest BCUT2D eigenvalue weighted by Crippen LogP contribution is -2.37. The summed E-state index contributed by atoms with van der Waals surface area (Å²) in [5.41, 5.74) is 2.08. The topological polar surface area (TPSA) is 67.2 Å². The molecule has 0 saturated carbocycles. The number of aromatic nitrogens is 2. The van der Waals surface area contributed by atoms with Crippen LogP contribution in [0, 0.1) is 17.0 Å². The van der Waals surface area contributed by atoms with E-state index in [-0.39, 0.29) is 35.4 Å². The number of imidazole rings is 1. The summed E-state index contributed by atoms with van der Waals surface area (Å²) < 4.78 is 30.7. The van der Waals surface area contributed by atoms with Gasteiger partial charge in [0.15, 0.2) is 0 Å². The zero-order valence-corrected chi connectivity index (χ0v) is 22.8. The zero-order chi connectivity index (χ0) is 28.4. The zero-order valence-electron chi connectivity index (χ0n) is 22.8. The van der Waals surface area contributed by atoms with E-state index in [2.05, 4.69) is 26.1 Å². The highest BCUT2D eigenvalue weighted by atomic mass is 19.1. The molecule has 6 nitrogen and oxygen atoms in total. The maximum atomic E-state index is 14.7. The Morgan fingerprint density at radius 1 is 0.875 bits per heavy atom. The molecule has 1 N–H and O–H groups in total. The number of nitrogens with one attached hydrogen (secondary N) is 1. The van der Waals surface area contributed by atoms with Crippen molar-refractivity contribution in [3.05, 3.63) is 113 Å². The fourth-order valence-electron chi connectivity index (χ4n) is 5.10. The smallest absolute Gasteiger partial charge is 0.261 e. The first kappa shape index (κ1) is 27.4. The number of nitrogens with zero attached hydrogens (tertiary/aromatic N) is 3. The first-order valence-corrected chi connectivity index (χ1v) is 13.4. The average Bonchev–Trinajstić information content (AvgIpc) is 3.44. The maximum Gasteiger partial charge on any atom is 0.261 e. The minimum atomic E-state index is -0.543. The second-order valence-electron chi connectivity index (χ2n) is 11.1. The van der Waals surface area contributed by atoms with Crippen molar-refractivity contribution in [3.63, 3.8) is 0 Å². The Labute approximate surface area is 232 Å². The van der Waals surface area contributed by atoms with Crippen molar-refractivity contribution in [1.29, 1.82) is 0 Å². The van der Waals surface area contributed by atoms with Crippen LogP contribution in [-0.2, 0) is 6.54 Å². The summed E-state index contributed by atoms with van der Waals surface area (Å²) in [6.07, 6.45) is 2.31. The van der Waals surface area contributed by atoms with Gasteiger partial charge in [-0.1, -0.05) is 63.2 Å². The molecule has 3 aromatic carbocycles. The maximum absolute atomic E-state index is 14.7. The van der Waals surface area contributed by atoms with E-state index >= 15 is 0 Å². The molecule has 1 aromatic heterocycles. The second kappa shape index (κ2) is 11.1. The van der Waals surface area contributed by atoms with Crippen molar-refractivity contribution in [2.45, 2.75) is 39.8 Å². The third kappa shape index (κ3) is 5.58. The standard InChI is InChI=1S/C32H32F2N4O2/c1-32(2,3)28(35-16-9-17-38-30(39)23-12-7-8-13-24(23)31(38)40)29-36-27(25-18-22(33)14-15-26(25)34)20-37(29)19-21-10-5-4-6-11-21/h4-8,10-15,18,20,28,35H,9,16-17,19H2,1-3H3. The van der Waals surface area contributed by atoms with Crippen molar-refractivity contribution in [2.24, 2.45) is 5.41 Å². The minimum Gasteiger partial charge on any atom is -0.329 e. The van der Waals surface area contributed by atoms with Gasteiger partial charge in [0.1, 0.15) is 17.5 Å². The fourth-order valence-corrected chi connectivity index (χ4v) is 5.10. The lowest BCUT2D eigenvalue weighted by Gasteiger charge is -2.32. The highest BCUT2D eigenvalue weighted by molar-refractivity contribution is 6.21. The Morgan fingerprint density at radius 3 is 2.17 bits per heavy atom. The van der Waals surface area contributed by atoms with E-state index in [0.29, 0.717) is 42.2 Å². The molecule has 1 atom stereocenters. The number of imide groups is 1. The van der Waals surface area contributed by atoms with Crippen LogP contribution < -0.4 is 5.32 Å². The summed E-state index contributed by atoms with van der Waals surface area (Å²) in [6.45, 7) is 7.55. The average molecular weight is 543 g/mol. The van der Waals surface area contributed by atoms with Gasteiger partial charge in [-0.2, -0.15) is 0 Å². The second-order valence-corrected chi connectivity index (χ2v) is 11.1. The third-order valence-electron chi connectivity index (χ3n) is 7.12. The predicted octanol–water partition coefficient (Wildman–Crippen LogP) is 6.24. The van der Waals surface area contributed by atoms with Gasteiger partial charge in [0, 0.05) is 24.8 Å². The molecule has 4 aromatic rings. The molecular weight excluding hydrogens is 510 g/mol. The van der Waals surface area contributed by atoms with Gasteiger partial charge in [-0.3, -0.25) is 14.5 Å². The van der Waals surface area contributed by atoms with Gasteiger partial charge < -0.3 is 9.88 Å². The largest absolute Gasteiger partial charge is 0.329 e. The fraction of sp³-hybridized carbons (Fsp3) is 0.281. The van der Waals surface area contributed by atoms with Gasteiger partial charge in [0.2, 0.25) is 0 Å². The summed E-state index contributed by atoms with van der Waals surface area (Å²) in [5, 5.41) is 3.57. The van der Waals surface area contributed by atoms with Crippen LogP contribution in [0.1, 0.15) is 65.3 Å². The minimum absolute atomic E-state index is 0.103. The number of benzene rings is 3. The van der Waals surface area contributed by atoms with Gasteiger partial charge in [-0.25, -0.2) is 13.8 Å². The molecule has 40 heavy (non-hydrogen) atoms. The third-order valence-corrected chi connectivity index (χ3v) is 7.12. The van der Waals surface area contributed by atoms with E-state index in [0.717, 1.165) is 23.8 Å². The normalized spacial score (nSPS) is 14.1. The van der Waals surface area contributed by atoms with Crippen LogP contribution >= 0.6 is 0 Å². The van der Waals surface area contributed by atoms with Crippen molar-refractivity contribution >= 4 is 11.8 Å². The Balaban J connectivity index is 1.39. The van der Waals surface area contributed by atoms with Crippen LogP contribution in [0.4, 0.5) is 8.78 Å². The molecule has 0 spiro atoms. The number of carbonyl (C=O) groups is 2. The monoisotopic (exact) mass is 542 g/mol. The van der Waals surface area contributed by atoms with E-state index in [1.165, 1.54) is 4.90 Å². The Hall–Kier alpha value is -4.17. The van der Waals surface area contributed by atoms with Crippen LogP contribution in [0.25, 0.3) is 11.3 Å². The van der Waals surface area contributed by atoms with Gasteiger partial charge in [0.05, 0.1) is 22.9 Å². The van der Waals surface area contributed by atoms with Crippen LogP contribution in [0.3, 0.4) is 0 Å². The molecular formula is C32H32F2N4O2. The van der Waals surface area contributed by atoms with Crippen LogP contribution in [-0.4, -0.2) is 39.4 Å². The van der Waals surface area contributed by atoms with E-state index < -0.39 is 11.6 Å². The summed E-state index contributed by atoms with van der Waals surface area (Å²) in [6, 6.07) is 19.8. The highest BCUT2D eigenvalue weighted by Crippen LogP contribution is 2.35. The summed E-state index contributed by atoms with van der Waals surface area (Å²) in [5.74, 6) is -0.926. The van der Waals surface area contributed by atoms with Crippen LogP contribution in [0.15, 0.2) is 79.0 Å². The molecule has 1 aliphatic heterocycles. The molecule has 2 amide bonds. The molecule has 0 fully saturated rings. The number of amides is 2. The molecule has 0 radical (unpaired) electrons. The van der Waals surface area contributed by atoms with Crippen LogP contribution in [0.5, 0.6) is 0 Å². The summed E-state index contributed by atoms with van der Waals surface area (Å²) in [4.78, 5) is 31.6. The number of hydrogen-bond donors (Lipinski definition) is 1. The number of carbonyl (C=O) groups excluding carboxylic acids is 2. The highest BCUT2D eigenvalue weighted by Gasteiger charge is 2.35. The van der Waals surface area contributed by atoms with Gasteiger partial charge in [-0.05, 0) is 54.3 Å². The lowest BCUT2D eigenvalue weighted by atomic mass is 9.86. The quantitative estimate of drug-likeness (QED) is 0.201. The van der Waals surface area contributed by atoms with Crippen molar-refractivity contribution < 1.29 is 18.4 Å². The molecule has 0 saturated heterocycles. The molecule has 0 aliphatic carbocycles. The molecule has 1 aliphatic rings. The van der Waals surface area contributed by atoms with Gasteiger partial charge in [-0.15, -0.1) is 0 Å². The number of fused-ring (bicyclic) bond motifs is 1. The Morgan fingerprint density at radius 2 is 1.52 bits per heavy atom. The van der Waals surface area contributed by atoms with E-state index in [1.54, 1.807) is 30.5 Å². The summed E-state index contributed by atoms with van der Waals surface area (Å²) in [7, 11) is 0. The first-order chi connectivity index (χ1) is 19.1. The number of rotatable bonds is 9. The first-order valence-electron chi connectivity index (χ1n) is 13.4. The molecule has 5 rings (SSSR count). The Bertz CT molecular complexity index is 1510. The molecule has 8 heteroatoms. The SMILES string of the molecule is CC(C)(C)C(NCCCN1C(=O)c2ccccc2C1=O)c1nc(-c2cc(F)ccc2F)cn1Cc1ccccc1. The molecule has 2 heterocycles. The van der Waals surface area contributed by atoms with Gasteiger partial charge >= 0.3 is 0 Å². The van der Waals surface area contributed by atoms with E-state index in [1.807, 2.05) is 34.9 Å². The molecule has 1 unspecified atom stereocenters. The van der Waals surface area contributed by atoms with Crippen LogP contribution in [0.2, 0.25) is 0 Å². The number of halogens is 2. The van der Waals surface area contributed by atoms with E-state index in [4.69, 9.17) is 4.98 Å². The van der Waals surface area contributed by atoms with Crippen molar-refractivity contribution in [1.82, 2.24) is 19.8 Å². The van der Waals surface area contributed by atoms with E-state index in [9.17, 15) is 18.4 Å². The summed E-state index contributed by atoms with van der Waals surface area (Å²) >= 11 is 0. The van der Waals surface area contributed by atoms with Gasteiger partial charge in [0.25, 0.3) is 11.8 Å². The predicted molar refractivity (Wildman–Crippen MR) is 150 cm³/mol. The Kier molecular flexibility index (Phi) is 7.63. The lowest BCUT2D eigenvalue weighted by molar-refractivity contribution is 0.0651. The number of hydrogen-bond acceptors (Lipinski definition) is 4.